The molecule has 4 rings (SSSR count). The van der Waals surface area contributed by atoms with Gasteiger partial charge in [0.15, 0.2) is 11.5 Å². The molecule has 1 atom stereocenters. The maximum atomic E-state index is 5.58. The second kappa shape index (κ2) is 4.80. The maximum Gasteiger partial charge on any atom is 0.231 e. The van der Waals surface area contributed by atoms with Crippen LogP contribution >= 0.6 is 0 Å². The molecule has 3 nitrogen and oxygen atoms in total. The smallest absolute Gasteiger partial charge is 0.231 e. The highest BCUT2D eigenvalue weighted by Crippen LogP contribution is 2.34. The van der Waals surface area contributed by atoms with Gasteiger partial charge in [-0.15, -0.1) is 0 Å². The van der Waals surface area contributed by atoms with Crippen LogP contribution in [0.4, 0.5) is 0 Å². The number of nitrogens with zero attached hydrogens (tertiary/aromatic N) is 1. The first-order chi connectivity index (χ1) is 10.6. The van der Waals surface area contributed by atoms with E-state index < -0.39 is 0 Å². The Morgan fingerprint density at radius 3 is 2.91 bits per heavy atom. The average Bonchev–Trinajstić information content (AvgIpc) is 3.01. The van der Waals surface area contributed by atoms with Crippen LogP contribution < -0.4 is 0 Å². The number of rotatable bonds is 2. The lowest BCUT2D eigenvalue weighted by molar-refractivity contribution is 0.0967. The zero-order valence-electron chi connectivity index (χ0n) is 12.9. The van der Waals surface area contributed by atoms with Gasteiger partial charge in [-0.1, -0.05) is 37.3 Å². The van der Waals surface area contributed by atoms with Crippen molar-refractivity contribution in [2.75, 3.05) is 6.79 Å². The van der Waals surface area contributed by atoms with Crippen LogP contribution in [0.15, 0.2) is 66.3 Å². The zero-order chi connectivity index (χ0) is 15.2. The number of ether oxygens (including phenoxy) is 2. The van der Waals surface area contributed by atoms with Gasteiger partial charge in [-0.2, -0.15) is 0 Å². The number of aromatic nitrogens is 1. The summed E-state index contributed by atoms with van der Waals surface area (Å²) in [6.07, 6.45) is 10.6. The van der Waals surface area contributed by atoms with Gasteiger partial charge in [-0.25, -0.2) is 0 Å². The number of allylic oxidation sites excluding steroid dienone is 4. The van der Waals surface area contributed by atoms with Crippen molar-refractivity contribution in [2.24, 2.45) is 5.41 Å². The predicted octanol–water partition coefficient (Wildman–Crippen LogP) is 4.30. The summed E-state index contributed by atoms with van der Waals surface area (Å²) in [5.41, 5.74) is 2.47. The Hall–Kier alpha value is -2.42. The van der Waals surface area contributed by atoms with Gasteiger partial charge in [0.1, 0.15) is 0 Å². The molecule has 2 aliphatic rings. The van der Waals surface area contributed by atoms with Crippen LogP contribution in [-0.2, 0) is 16.0 Å². The Kier molecular flexibility index (Phi) is 2.89. The van der Waals surface area contributed by atoms with Gasteiger partial charge in [0.2, 0.25) is 6.79 Å². The normalized spacial score (nSPS) is 23.4. The Labute approximate surface area is 130 Å². The summed E-state index contributed by atoms with van der Waals surface area (Å²) in [6.45, 7) is 5.56. The number of hydrogen-bond acceptors (Lipinski definition) is 2. The molecule has 0 N–H and O–H groups in total. The van der Waals surface area contributed by atoms with E-state index >= 15 is 0 Å². The molecule has 3 heteroatoms. The molecular formula is C19H19NO2. The molecule has 1 unspecified atom stereocenters. The molecular weight excluding hydrogens is 274 g/mol. The summed E-state index contributed by atoms with van der Waals surface area (Å²) < 4.78 is 13.4. The average molecular weight is 293 g/mol. The Morgan fingerprint density at radius 2 is 2.00 bits per heavy atom. The summed E-state index contributed by atoms with van der Waals surface area (Å²) in [6, 6.07) is 8.54. The number of benzene rings is 1. The fraction of sp³-hybridized carbons (Fsp3) is 0.263. The molecule has 0 bridgehead atoms. The second-order valence-electron chi connectivity index (χ2n) is 6.27. The summed E-state index contributed by atoms with van der Waals surface area (Å²) in [4.78, 5) is 0. The van der Waals surface area contributed by atoms with Crippen molar-refractivity contribution in [1.29, 1.82) is 0 Å². The van der Waals surface area contributed by atoms with Gasteiger partial charge < -0.3 is 14.0 Å². The highest BCUT2D eigenvalue weighted by Gasteiger charge is 2.27. The van der Waals surface area contributed by atoms with Crippen molar-refractivity contribution in [1.82, 2.24) is 4.57 Å². The van der Waals surface area contributed by atoms with Crippen LogP contribution in [0, 0.1) is 12.3 Å². The van der Waals surface area contributed by atoms with E-state index in [2.05, 4.69) is 67.1 Å². The number of aryl methyl sites for hydroxylation is 1. The van der Waals surface area contributed by atoms with Crippen molar-refractivity contribution in [3.8, 4) is 0 Å². The first-order valence-corrected chi connectivity index (χ1v) is 7.57. The van der Waals surface area contributed by atoms with Gasteiger partial charge in [0.05, 0.1) is 0 Å². The summed E-state index contributed by atoms with van der Waals surface area (Å²) in [5.74, 6) is 1.68. The van der Waals surface area contributed by atoms with E-state index in [4.69, 9.17) is 9.47 Å². The standard InChI is InChI=1S/C19H19NO2/c1-14-11-20(16-7-4-3-6-15(14)16)12-19(2)9-5-8-17-18(10-19)22-13-21-17/h3-11H,12-13H2,1-2H3. The lowest BCUT2D eigenvalue weighted by Crippen LogP contribution is -2.18. The summed E-state index contributed by atoms with van der Waals surface area (Å²) in [5, 5.41) is 1.32. The van der Waals surface area contributed by atoms with Crippen LogP contribution in [-0.4, -0.2) is 11.4 Å². The topological polar surface area (TPSA) is 23.4 Å². The van der Waals surface area contributed by atoms with E-state index in [0.717, 1.165) is 18.1 Å². The van der Waals surface area contributed by atoms with E-state index in [-0.39, 0.29) is 5.41 Å². The molecule has 1 aromatic heterocycles. The highest BCUT2D eigenvalue weighted by atomic mass is 16.7. The third-order valence-corrected chi connectivity index (χ3v) is 4.36. The first kappa shape index (κ1) is 13.3. The first-order valence-electron chi connectivity index (χ1n) is 7.57. The number of para-hydroxylation sites is 1. The van der Waals surface area contributed by atoms with Gasteiger partial charge in [-0.3, -0.25) is 0 Å². The van der Waals surface area contributed by atoms with Crippen LogP contribution in [0.2, 0.25) is 0 Å². The molecule has 1 fully saturated rings. The molecule has 0 saturated carbocycles. The molecule has 0 radical (unpaired) electrons. The summed E-state index contributed by atoms with van der Waals surface area (Å²) >= 11 is 0. The van der Waals surface area contributed by atoms with E-state index in [9.17, 15) is 0 Å². The van der Waals surface area contributed by atoms with Crippen LogP contribution in [0.3, 0.4) is 0 Å². The minimum Gasteiger partial charge on any atom is -0.454 e. The zero-order valence-corrected chi connectivity index (χ0v) is 12.9. The highest BCUT2D eigenvalue weighted by molar-refractivity contribution is 5.83. The fourth-order valence-electron chi connectivity index (χ4n) is 3.27. The van der Waals surface area contributed by atoms with Crippen molar-refractivity contribution in [3.63, 3.8) is 0 Å². The third kappa shape index (κ3) is 2.13. The van der Waals surface area contributed by atoms with E-state index in [1.165, 1.54) is 16.5 Å². The maximum absolute atomic E-state index is 5.58. The van der Waals surface area contributed by atoms with Crippen molar-refractivity contribution in [2.45, 2.75) is 20.4 Å². The minimum atomic E-state index is -0.116. The molecule has 0 spiro atoms. The molecule has 1 aromatic carbocycles. The van der Waals surface area contributed by atoms with Crippen molar-refractivity contribution in [3.05, 3.63) is 71.8 Å². The van der Waals surface area contributed by atoms with Gasteiger partial charge >= 0.3 is 0 Å². The Balaban J connectivity index is 1.74. The molecule has 0 amide bonds. The largest absolute Gasteiger partial charge is 0.454 e. The molecule has 1 aliphatic carbocycles. The number of fused-ring (bicyclic) bond motifs is 2. The molecule has 1 aliphatic heterocycles. The van der Waals surface area contributed by atoms with Crippen LogP contribution in [0.5, 0.6) is 0 Å². The lowest BCUT2D eigenvalue weighted by atomic mass is 9.89. The van der Waals surface area contributed by atoms with Crippen molar-refractivity contribution < 1.29 is 9.47 Å². The Bertz CT molecular complexity index is 825. The van der Waals surface area contributed by atoms with Gasteiger partial charge in [0.25, 0.3) is 0 Å². The third-order valence-electron chi connectivity index (χ3n) is 4.36. The second-order valence-corrected chi connectivity index (χ2v) is 6.27. The van der Waals surface area contributed by atoms with E-state index in [0.29, 0.717) is 6.79 Å². The summed E-state index contributed by atoms with van der Waals surface area (Å²) in [7, 11) is 0. The molecule has 22 heavy (non-hydrogen) atoms. The fourth-order valence-corrected chi connectivity index (χ4v) is 3.27. The monoisotopic (exact) mass is 293 g/mol. The molecule has 2 heterocycles. The minimum absolute atomic E-state index is 0.116. The molecule has 112 valence electrons. The van der Waals surface area contributed by atoms with E-state index in [1.807, 2.05) is 6.08 Å². The van der Waals surface area contributed by atoms with Crippen molar-refractivity contribution >= 4 is 10.9 Å². The Morgan fingerprint density at radius 1 is 1.18 bits per heavy atom. The SMILES string of the molecule is Cc1cn(CC2(C)C=CC=C3OCOC3=C2)c2ccccc12. The lowest BCUT2D eigenvalue weighted by Gasteiger charge is -2.23. The number of hydrogen-bond donors (Lipinski definition) is 0. The molecule has 2 aromatic rings. The van der Waals surface area contributed by atoms with Crippen LogP contribution in [0.1, 0.15) is 12.5 Å². The molecule has 1 saturated heterocycles. The van der Waals surface area contributed by atoms with Gasteiger partial charge in [0, 0.05) is 29.1 Å². The van der Waals surface area contributed by atoms with E-state index in [1.54, 1.807) is 0 Å². The predicted molar refractivity (Wildman–Crippen MR) is 87.1 cm³/mol. The van der Waals surface area contributed by atoms with Gasteiger partial charge in [-0.05, 0) is 30.7 Å². The quantitative estimate of drug-likeness (QED) is 0.824. The van der Waals surface area contributed by atoms with Crippen LogP contribution in [0.25, 0.3) is 10.9 Å².